The second kappa shape index (κ2) is 10.3. The lowest BCUT2D eigenvalue weighted by Gasteiger charge is -2.36. The predicted molar refractivity (Wildman–Crippen MR) is 141 cm³/mol. The van der Waals surface area contributed by atoms with E-state index in [2.05, 4.69) is 91.4 Å². The maximum absolute atomic E-state index is 12.0. The van der Waals surface area contributed by atoms with Gasteiger partial charge in [0.05, 0.1) is 5.51 Å². The van der Waals surface area contributed by atoms with E-state index in [1.165, 1.54) is 16.4 Å². The lowest BCUT2D eigenvalue weighted by atomic mass is 10.0. The Balaban J connectivity index is 1.60. The van der Waals surface area contributed by atoms with Crippen molar-refractivity contribution >= 4 is 36.6 Å². The molecule has 2 aromatic carbocycles. The number of rotatable bonds is 6. The fourth-order valence-corrected chi connectivity index (χ4v) is 6.47. The molecule has 0 fully saturated rings. The van der Waals surface area contributed by atoms with Crippen molar-refractivity contribution in [1.82, 2.24) is 9.65 Å². The third kappa shape index (κ3) is 5.33. The molecule has 5 heteroatoms. The predicted octanol–water partition coefficient (Wildman–Crippen LogP) is 6.15. The van der Waals surface area contributed by atoms with Gasteiger partial charge in [0, 0.05) is 42.7 Å². The van der Waals surface area contributed by atoms with Gasteiger partial charge in [-0.15, -0.1) is 11.3 Å². The van der Waals surface area contributed by atoms with Gasteiger partial charge in [0.1, 0.15) is 12.0 Å². The Morgan fingerprint density at radius 1 is 1.09 bits per heavy atom. The summed E-state index contributed by atoms with van der Waals surface area (Å²) in [7, 11) is -0.602. The lowest BCUT2D eigenvalue weighted by Crippen LogP contribution is -2.28. The van der Waals surface area contributed by atoms with Crippen molar-refractivity contribution < 1.29 is 4.79 Å². The van der Waals surface area contributed by atoms with Crippen molar-refractivity contribution in [2.75, 3.05) is 6.66 Å². The first kappa shape index (κ1) is 23.2. The smallest absolute Gasteiger partial charge is 0.148 e. The van der Waals surface area contributed by atoms with Gasteiger partial charge in [0.2, 0.25) is 0 Å². The Morgan fingerprint density at radius 2 is 1.82 bits per heavy atom. The number of hydrogen-bond donors (Lipinski definition) is 0. The summed E-state index contributed by atoms with van der Waals surface area (Å²) in [6.07, 6.45) is 3.88. The van der Waals surface area contributed by atoms with Crippen molar-refractivity contribution in [3.8, 4) is 11.8 Å². The zero-order valence-corrected chi connectivity index (χ0v) is 21.1. The quantitative estimate of drug-likeness (QED) is 0.246. The number of nitrogens with zero attached hydrogens (tertiary/aromatic N) is 2. The molecule has 0 radical (unpaired) electrons. The van der Waals surface area contributed by atoms with Gasteiger partial charge in [0.25, 0.3) is 0 Å². The van der Waals surface area contributed by atoms with Crippen LogP contribution in [-0.2, 0) is 4.79 Å². The summed E-state index contributed by atoms with van der Waals surface area (Å²) in [6.45, 7) is 8.78. The minimum absolute atomic E-state index is 0.284. The zero-order chi connectivity index (χ0) is 23.4. The number of carbonyl (C=O) groups excluding carboxylic acids is 1. The molecule has 0 saturated carbocycles. The standard InChI is InChI=1S/C28H27N2OPS/c1-20(2)30(32(4)27-13-5-21(3)6-14-27)28-16-24(15-25(28)17-31)23-10-7-22(8-11-23)9-12-26-18-33-19-29-26/h5-8,10-11,13-14,16-20H,15H2,1-4H3. The number of aldehydes is 1. The molecule has 1 atom stereocenters. The average molecular weight is 471 g/mol. The van der Waals surface area contributed by atoms with Crippen LogP contribution >= 0.6 is 19.4 Å². The highest BCUT2D eigenvalue weighted by molar-refractivity contribution is 7.62. The molecule has 166 valence electrons. The molecule has 1 aliphatic rings. The molecule has 3 nitrogen and oxygen atoms in total. The Labute approximate surface area is 201 Å². The van der Waals surface area contributed by atoms with Gasteiger partial charge in [0.15, 0.2) is 0 Å². The van der Waals surface area contributed by atoms with E-state index in [-0.39, 0.29) is 6.04 Å². The summed E-state index contributed by atoms with van der Waals surface area (Å²) in [5.41, 5.74) is 9.00. The molecule has 1 aromatic heterocycles. The molecule has 1 heterocycles. The van der Waals surface area contributed by atoms with Gasteiger partial charge >= 0.3 is 0 Å². The average Bonchev–Trinajstić information content (AvgIpc) is 3.48. The first-order chi connectivity index (χ1) is 16.0. The van der Waals surface area contributed by atoms with Crippen LogP contribution in [0.5, 0.6) is 0 Å². The summed E-state index contributed by atoms with van der Waals surface area (Å²) in [5.74, 6) is 6.25. The molecular weight excluding hydrogens is 443 g/mol. The molecule has 0 saturated heterocycles. The highest BCUT2D eigenvalue weighted by Gasteiger charge is 2.27. The number of carbonyl (C=O) groups is 1. The number of allylic oxidation sites excluding steroid dienone is 3. The van der Waals surface area contributed by atoms with Crippen molar-refractivity contribution in [2.24, 2.45) is 0 Å². The van der Waals surface area contributed by atoms with Gasteiger partial charge in [-0.3, -0.25) is 4.79 Å². The maximum Gasteiger partial charge on any atom is 0.148 e. The van der Waals surface area contributed by atoms with Gasteiger partial charge in [-0.05, 0) is 68.0 Å². The molecule has 3 aromatic rings. The van der Waals surface area contributed by atoms with Crippen LogP contribution in [0.4, 0.5) is 0 Å². The second-order valence-electron chi connectivity index (χ2n) is 8.37. The number of aryl methyl sites for hydroxylation is 1. The fraction of sp³-hybridized carbons (Fsp3) is 0.214. The fourth-order valence-electron chi connectivity index (χ4n) is 3.95. The second-order valence-corrected chi connectivity index (χ2v) is 11.1. The van der Waals surface area contributed by atoms with E-state index in [1.54, 1.807) is 16.8 Å². The molecule has 1 aliphatic carbocycles. The molecule has 0 amide bonds. The molecule has 4 rings (SSSR count). The van der Waals surface area contributed by atoms with Crippen LogP contribution < -0.4 is 5.30 Å². The zero-order valence-electron chi connectivity index (χ0n) is 19.4. The van der Waals surface area contributed by atoms with Gasteiger partial charge in [-0.1, -0.05) is 47.9 Å². The summed E-state index contributed by atoms with van der Waals surface area (Å²) < 4.78 is 2.42. The highest BCUT2D eigenvalue weighted by Crippen LogP contribution is 2.45. The van der Waals surface area contributed by atoms with Crippen LogP contribution in [0, 0.1) is 18.8 Å². The van der Waals surface area contributed by atoms with E-state index in [1.807, 2.05) is 17.5 Å². The van der Waals surface area contributed by atoms with Crippen LogP contribution in [0.1, 0.15) is 42.7 Å². The van der Waals surface area contributed by atoms with E-state index in [0.29, 0.717) is 6.42 Å². The lowest BCUT2D eigenvalue weighted by molar-refractivity contribution is -0.105. The molecular formula is C28H27N2OPS. The monoisotopic (exact) mass is 470 g/mol. The molecule has 0 aliphatic heterocycles. The highest BCUT2D eigenvalue weighted by atomic mass is 32.1. The number of benzene rings is 2. The van der Waals surface area contributed by atoms with E-state index < -0.39 is 8.07 Å². The van der Waals surface area contributed by atoms with E-state index in [0.717, 1.165) is 34.4 Å². The Morgan fingerprint density at radius 3 is 2.42 bits per heavy atom. The van der Waals surface area contributed by atoms with E-state index in [4.69, 9.17) is 0 Å². The van der Waals surface area contributed by atoms with Gasteiger partial charge < -0.3 is 4.67 Å². The van der Waals surface area contributed by atoms with Crippen molar-refractivity contribution in [1.29, 1.82) is 0 Å². The molecule has 1 unspecified atom stereocenters. The first-order valence-corrected chi connectivity index (χ1v) is 13.6. The minimum atomic E-state index is -0.602. The van der Waals surface area contributed by atoms with Crippen LogP contribution in [0.15, 0.2) is 76.8 Å². The van der Waals surface area contributed by atoms with Crippen LogP contribution in [-0.4, -0.2) is 28.6 Å². The van der Waals surface area contributed by atoms with Crippen LogP contribution in [0.3, 0.4) is 0 Å². The topological polar surface area (TPSA) is 33.2 Å². The number of hydrogen-bond acceptors (Lipinski definition) is 4. The molecule has 33 heavy (non-hydrogen) atoms. The van der Waals surface area contributed by atoms with Gasteiger partial charge in [-0.25, -0.2) is 4.98 Å². The van der Waals surface area contributed by atoms with Crippen LogP contribution in [0.2, 0.25) is 0 Å². The Hall–Kier alpha value is -2.99. The third-order valence-corrected chi connectivity index (χ3v) is 8.61. The molecule has 0 bridgehead atoms. The number of thiazole rings is 1. The summed E-state index contributed by atoms with van der Waals surface area (Å²) >= 11 is 1.54. The van der Waals surface area contributed by atoms with E-state index >= 15 is 0 Å². The van der Waals surface area contributed by atoms with E-state index in [9.17, 15) is 4.79 Å². The SMILES string of the molecule is Cc1ccc(P(C)N(C2=C(C=O)CC(c3ccc(C#Cc4cscn4)cc3)=C2)C(C)C)cc1. The largest absolute Gasteiger partial charge is 0.344 e. The first-order valence-electron chi connectivity index (χ1n) is 11.0. The normalized spacial score (nSPS) is 14.0. The van der Waals surface area contributed by atoms with Crippen LogP contribution in [0.25, 0.3) is 5.57 Å². The van der Waals surface area contributed by atoms with Crippen molar-refractivity contribution in [3.05, 3.63) is 99.2 Å². The van der Waals surface area contributed by atoms with Crippen molar-refractivity contribution in [2.45, 2.75) is 33.2 Å². The summed E-state index contributed by atoms with van der Waals surface area (Å²) in [4.78, 5) is 16.2. The van der Waals surface area contributed by atoms with Crippen molar-refractivity contribution in [3.63, 3.8) is 0 Å². The Bertz CT molecular complexity index is 1240. The van der Waals surface area contributed by atoms with Gasteiger partial charge in [-0.2, -0.15) is 0 Å². The number of aromatic nitrogens is 1. The maximum atomic E-state index is 12.0. The third-order valence-electron chi connectivity index (χ3n) is 5.65. The summed E-state index contributed by atoms with van der Waals surface area (Å²) in [6, 6.07) is 17.3. The Kier molecular flexibility index (Phi) is 7.23. The molecule has 0 spiro atoms. The molecule has 0 N–H and O–H groups in total. The summed E-state index contributed by atoms with van der Waals surface area (Å²) in [5, 5.41) is 3.25. The minimum Gasteiger partial charge on any atom is -0.344 e.